The molecule has 150 valence electrons. The summed E-state index contributed by atoms with van der Waals surface area (Å²) in [6, 6.07) is 8.70. The molecule has 0 radical (unpaired) electrons. The van der Waals surface area contributed by atoms with Crippen LogP contribution in [-0.2, 0) is 20.8 Å². The summed E-state index contributed by atoms with van der Waals surface area (Å²) in [5.74, 6) is -1.33. The molecule has 0 unspecified atom stereocenters. The Bertz CT molecular complexity index is 866. The van der Waals surface area contributed by atoms with Crippen LogP contribution in [0.1, 0.15) is 57.6 Å². The first-order valence-corrected chi connectivity index (χ1v) is 9.04. The minimum atomic E-state index is -0.516. The highest BCUT2D eigenvalue weighted by Crippen LogP contribution is 2.20. The third-order valence-corrected chi connectivity index (χ3v) is 4.42. The SMILES string of the molecule is COC(=O)c1ccc(CNC(=O)COC(=O)c2cc(C)n(C(C)C)c2C)cc1. The zero-order chi connectivity index (χ0) is 20.8. The summed E-state index contributed by atoms with van der Waals surface area (Å²) in [7, 11) is 1.32. The second kappa shape index (κ2) is 9.21. The minimum absolute atomic E-state index is 0.232. The van der Waals surface area contributed by atoms with Gasteiger partial charge in [-0.2, -0.15) is 0 Å². The van der Waals surface area contributed by atoms with Crippen LogP contribution in [0.4, 0.5) is 0 Å². The lowest BCUT2D eigenvalue weighted by atomic mass is 10.1. The smallest absolute Gasteiger partial charge is 0.340 e. The van der Waals surface area contributed by atoms with Gasteiger partial charge in [0.2, 0.25) is 0 Å². The molecule has 7 heteroatoms. The van der Waals surface area contributed by atoms with Gasteiger partial charge in [0, 0.05) is 24.0 Å². The second-order valence-corrected chi connectivity index (χ2v) is 6.79. The number of aromatic nitrogens is 1. The number of methoxy groups -OCH3 is 1. The normalized spacial score (nSPS) is 10.6. The molecule has 0 aliphatic carbocycles. The molecule has 1 aromatic carbocycles. The van der Waals surface area contributed by atoms with Crippen LogP contribution in [0.3, 0.4) is 0 Å². The van der Waals surface area contributed by atoms with Crippen LogP contribution in [0, 0.1) is 13.8 Å². The van der Waals surface area contributed by atoms with Gasteiger partial charge in [-0.3, -0.25) is 4.79 Å². The number of aryl methyl sites for hydroxylation is 1. The number of nitrogens with zero attached hydrogens (tertiary/aromatic N) is 1. The molecule has 1 amide bonds. The third kappa shape index (κ3) is 5.00. The van der Waals surface area contributed by atoms with Crippen LogP contribution in [-0.4, -0.2) is 36.1 Å². The summed E-state index contributed by atoms with van der Waals surface area (Å²) in [5, 5.41) is 2.68. The summed E-state index contributed by atoms with van der Waals surface area (Å²) in [5.41, 5.74) is 3.51. The zero-order valence-electron chi connectivity index (χ0n) is 16.9. The van der Waals surface area contributed by atoms with Crippen molar-refractivity contribution >= 4 is 17.8 Å². The molecule has 0 saturated carbocycles. The van der Waals surface area contributed by atoms with Gasteiger partial charge in [-0.25, -0.2) is 9.59 Å². The van der Waals surface area contributed by atoms with E-state index in [1.165, 1.54) is 7.11 Å². The Morgan fingerprint density at radius 1 is 1.07 bits per heavy atom. The molecule has 0 atom stereocenters. The maximum Gasteiger partial charge on any atom is 0.340 e. The van der Waals surface area contributed by atoms with Crippen LogP contribution in [0.25, 0.3) is 0 Å². The van der Waals surface area contributed by atoms with Gasteiger partial charge < -0.3 is 19.4 Å². The molecule has 1 heterocycles. The van der Waals surface area contributed by atoms with E-state index >= 15 is 0 Å². The van der Waals surface area contributed by atoms with Crippen molar-refractivity contribution in [2.75, 3.05) is 13.7 Å². The van der Waals surface area contributed by atoms with E-state index in [1.54, 1.807) is 30.3 Å². The molecule has 1 aromatic heterocycles. The summed E-state index contributed by atoms with van der Waals surface area (Å²) >= 11 is 0. The van der Waals surface area contributed by atoms with Crippen LogP contribution in [0.2, 0.25) is 0 Å². The average molecular weight is 386 g/mol. The highest BCUT2D eigenvalue weighted by Gasteiger charge is 2.19. The topological polar surface area (TPSA) is 86.6 Å². The summed E-state index contributed by atoms with van der Waals surface area (Å²) in [6.45, 7) is 7.79. The van der Waals surface area contributed by atoms with E-state index in [9.17, 15) is 14.4 Å². The summed E-state index contributed by atoms with van der Waals surface area (Å²) in [4.78, 5) is 35.7. The average Bonchev–Trinajstić information content (AvgIpc) is 2.98. The van der Waals surface area contributed by atoms with Gasteiger partial charge in [-0.05, 0) is 51.5 Å². The molecule has 0 bridgehead atoms. The Balaban J connectivity index is 1.86. The fraction of sp³-hybridized carbons (Fsp3) is 0.381. The molecule has 0 saturated heterocycles. The summed E-state index contributed by atoms with van der Waals surface area (Å²) < 4.78 is 11.8. The fourth-order valence-electron chi connectivity index (χ4n) is 3.12. The number of benzene rings is 1. The van der Waals surface area contributed by atoms with Crippen LogP contribution in [0.5, 0.6) is 0 Å². The number of ether oxygens (including phenoxy) is 2. The zero-order valence-corrected chi connectivity index (χ0v) is 16.9. The van der Waals surface area contributed by atoms with E-state index in [4.69, 9.17) is 4.74 Å². The molecule has 0 aliphatic rings. The van der Waals surface area contributed by atoms with Crippen molar-refractivity contribution in [1.82, 2.24) is 9.88 Å². The van der Waals surface area contributed by atoms with Crippen molar-refractivity contribution in [3.63, 3.8) is 0 Å². The maximum atomic E-state index is 12.3. The van der Waals surface area contributed by atoms with Crippen LogP contribution < -0.4 is 5.32 Å². The molecule has 1 N–H and O–H groups in total. The number of hydrogen-bond donors (Lipinski definition) is 1. The Morgan fingerprint density at radius 2 is 1.71 bits per heavy atom. The lowest BCUT2D eigenvalue weighted by Crippen LogP contribution is -2.28. The Morgan fingerprint density at radius 3 is 2.25 bits per heavy atom. The fourth-order valence-corrected chi connectivity index (χ4v) is 3.12. The monoisotopic (exact) mass is 386 g/mol. The van der Waals surface area contributed by atoms with E-state index in [-0.39, 0.29) is 19.2 Å². The lowest BCUT2D eigenvalue weighted by molar-refractivity contribution is -0.124. The number of esters is 2. The molecule has 7 nitrogen and oxygen atoms in total. The molecule has 2 aromatic rings. The molecule has 28 heavy (non-hydrogen) atoms. The van der Waals surface area contributed by atoms with Gasteiger partial charge >= 0.3 is 11.9 Å². The quantitative estimate of drug-likeness (QED) is 0.740. The largest absolute Gasteiger partial charge is 0.465 e. The van der Waals surface area contributed by atoms with Gasteiger partial charge in [-0.1, -0.05) is 12.1 Å². The van der Waals surface area contributed by atoms with Crippen molar-refractivity contribution in [2.24, 2.45) is 0 Å². The number of amides is 1. The number of rotatable bonds is 7. The van der Waals surface area contributed by atoms with Gasteiger partial charge in [-0.15, -0.1) is 0 Å². The first kappa shape index (κ1) is 21.2. The van der Waals surface area contributed by atoms with E-state index in [2.05, 4.69) is 14.6 Å². The number of nitrogens with one attached hydrogen (secondary N) is 1. The number of carbonyl (C=O) groups excluding carboxylic acids is 3. The first-order chi connectivity index (χ1) is 13.2. The predicted octanol–water partition coefficient (Wildman–Crippen LogP) is 2.95. The summed E-state index contributed by atoms with van der Waals surface area (Å²) in [6.07, 6.45) is 0. The van der Waals surface area contributed by atoms with E-state index in [1.807, 2.05) is 27.7 Å². The molecule has 0 spiro atoms. The molecule has 2 rings (SSSR count). The first-order valence-electron chi connectivity index (χ1n) is 9.04. The van der Waals surface area contributed by atoms with E-state index in [0.717, 1.165) is 17.0 Å². The van der Waals surface area contributed by atoms with Gasteiger partial charge in [0.15, 0.2) is 6.61 Å². The van der Waals surface area contributed by atoms with Gasteiger partial charge in [0.05, 0.1) is 18.2 Å². The lowest BCUT2D eigenvalue weighted by Gasteiger charge is -2.13. The van der Waals surface area contributed by atoms with Crippen LogP contribution in [0.15, 0.2) is 30.3 Å². The van der Waals surface area contributed by atoms with Crippen molar-refractivity contribution in [3.05, 3.63) is 58.4 Å². The van der Waals surface area contributed by atoms with Crippen molar-refractivity contribution < 1.29 is 23.9 Å². The van der Waals surface area contributed by atoms with Crippen molar-refractivity contribution in [2.45, 2.75) is 40.3 Å². The number of hydrogen-bond acceptors (Lipinski definition) is 5. The third-order valence-electron chi connectivity index (χ3n) is 4.42. The van der Waals surface area contributed by atoms with E-state index in [0.29, 0.717) is 11.1 Å². The number of carbonyl (C=O) groups is 3. The van der Waals surface area contributed by atoms with Gasteiger partial charge in [0.25, 0.3) is 5.91 Å². The molecular weight excluding hydrogens is 360 g/mol. The highest BCUT2D eigenvalue weighted by atomic mass is 16.5. The maximum absolute atomic E-state index is 12.3. The van der Waals surface area contributed by atoms with Crippen molar-refractivity contribution in [1.29, 1.82) is 0 Å². The standard InChI is InChI=1S/C21H26N2O5/c1-13(2)23-14(3)10-18(15(23)4)21(26)28-12-19(24)22-11-16-6-8-17(9-7-16)20(25)27-5/h6-10,13H,11-12H2,1-5H3,(H,22,24). The minimum Gasteiger partial charge on any atom is -0.465 e. The Labute approximate surface area is 164 Å². The van der Waals surface area contributed by atoms with Gasteiger partial charge in [0.1, 0.15) is 0 Å². The Hall–Kier alpha value is -3.09. The molecular formula is C21H26N2O5. The predicted molar refractivity (Wildman–Crippen MR) is 104 cm³/mol. The molecule has 0 fully saturated rings. The van der Waals surface area contributed by atoms with E-state index < -0.39 is 17.8 Å². The Kier molecular flexibility index (Phi) is 6.98. The van der Waals surface area contributed by atoms with Crippen molar-refractivity contribution in [3.8, 4) is 0 Å². The highest BCUT2D eigenvalue weighted by molar-refractivity contribution is 5.92. The molecule has 0 aliphatic heterocycles. The van der Waals surface area contributed by atoms with Crippen LogP contribution >= 0.6 is 0 Å². The second-order valence-electron chi connectivity index (χ2n) is 6.79.